The summed E-state index contributed by atoms with van der Waals surface area (Å²) in [5, 5.41) is 13.7. The second-order valence-electron chi connectivity index (χ2n) is 6.02. The van der Waals surface area contributed by atoms with Crippen LogP contribution >= 0.6 is 0 Å². The molecule has 0 atom stereocenters. The third-order valence-corrected chi connectivity index (χ3v) is 4.22. The molecule has 0 aliphatic rings. The highest BCUT2D eigenvalue weighted by Gasteiger charge is 2.16. The number of carboxylic acid groups (broad SMARTS) is 1. The largest absolute Gasteiger partial charge is 0.477 e. The summed E-state index contributed by atoms with van der Waals surface area (Å²) in [6.07, 6.45) is 0.522. The quantitative estimate of drug-likeness (QED) is 0.697. The van der Waals surface area contributed by atoms with Gasteiger partial charge >= 0.3 is 5.97 Å². The van der Waals surface area contributed by atoms with Crippen molar-refractivity contribution in [3.05, 3.63) is 87.5 Å². The molecule has 1 heterocycles. The molecule has 0 aliphatic heterocycles. The van der Waals surface area contributed by atoms with E-state index < -0.39 is 17.3 Å². The topological polar surface area (TPSA) is 98.2 Å². The molecular weight excluding hydrogens is 349 g/mol. The van der Waals surface area contributed by atoms with Crippen LogP contribution in [0.25, 0.3) is 11.3 Å². The number of nitrogens with zero attached hydrogens (tertiary/aromatic N) is 2. The van der Waals surface area contributed by atoms with Gasteiger partial charge in [-0.1, -0.05) is 30.3 Å². The minimum Gasteiger partial charge on any atom is -0.477 e. The Hall–Kier alpha value is -3.32. The van der Waals surface area contributed by atoms with Gasteiger partial charge in [0.25, 0.3) is 5.56 Å². The molecule has 3 rings (SSSR count). The number of hydrogen-bond donors (Lipinski definition) is 2. The fourth-order valence-electron chi connectivity index (χ4n) is 2.76. The van der Waals surface area contributed by atoms with Crippen molar-refractivity contribution in [1.82, 2.24) is 9.78 Å². The predicted molar refractivity (Wildman–Crippen MR) is 98.9 cm³/mol. The van der Waals surface area contributed by atoms with E-state index >= 15 is 0 Å². The minimum absolute atomic E-state index is 0.000886. The van der Waals surface area contributed by atoms with E-state index in [1.165, 1.54) is 24.3 Å². The summed E-state index contributed by atoms with van der Waals surface area (Å²) >= 11 is 0. The summed E-state index contributed by atoms with van der Waals surface area (Å²) in [6, 6.07) is 14.9. The van der Waals surface area contributed by atoms with E-state index in [-0.39, 0.29) is 29.9 Å². The van der Waals surface area contributed by atoms with Crippen LogP contribution in [0, 0.1) is 5.82 Å². The lowest BCUT2D eigenvalue weighted by molar-refractivity contribution is 0.0693. The fourth-order valence-corrected chi connectivity index (χ4v) is 2.76. The van der Waals surface area contributed by atoms with Crippen molar-refractivity contribution < 1.29 is 14.3 Å². The Labute approximate surface area is 154 Å². The average molecular weight is 367 g/mol. The Balaban J connectivity index is 2.03. The first-order valence-corrected chi connectivity index (χ1v) is 8.38. The predicted octanol–water partition coefficient (Wildman–Crippen LogP) is 2.45. The van der Waals surface area contributed by atoms with E-state index in [2.05, 4.69) is 5.10 Å². The first kappa shape index (κ1) is 18.5. The second kappa shape index (κ2) is 7.92. The number of aromatic nitrogens is 2. The number of carbonyl (C=O) groups is 1. The Morgan fingerprint density at radius 2 is 1.89 bits per heavy atom. The van der Waals surface area contributed by atoms with Crippen molar-refractivity contribution in [2.75, 3.05) is 0 Å². The third kappa shape index (κ3) is 4.09. The van der Waals surface area contributed by atoms with Crippen molar-refractivity contribution in [3.63, 3.8) is 0 Å². The van der Waals surface area contributed by atoms with Crippen LogP contribution in [0.3, 0.4) is 0 Å². The van der Waals surface area contributed by atoms with Crippen LogP contribution < -0.4 is 11.3 Å². The number of carboxylic acids is 1. The van der Waals surface area contributed by atoms with Crippen molar-refractivity contribution in [2.45, 2.75) is 19.5 Å². The van der Waals surface area contributed by atoms with Crippen LogP contribution in [0.15, 0.2) is 59.4 Å². The van der Waals surface area contributed by atoms with E-state index in [1.807, 2.05) is 30.3 Å². The number of hydrogen-bond acceptors (Lipinski definition) is 4. The number of benzene rings is 2. The zero-order valence-electron chi connectivity index (χ0n) is 14.4. The van der Waals surface area contributed by atoms with Gasteiger partial charge in [-0.05, 0) is 36.2 Å². The Morgan fingerprint density at radius 1 is 1.15 bits per heavy atom. The third-order valence-electron chi connectivity index (χ3n) is 4.22. The smallest absolute Gasteiger partial charge is 0.341 e. The summed E-state index contributed by atoms with van der Waals surface area (Å²) in [4.78, 5) is 23.9. The number of halogens is 1. The molecule has 7 heteroatoms. The number of nitrogens with two attached hydrogens (primary N) is 1. The lowest BCUT2D eigenvalue weighted by atomic mass is 10.1. The molecule has 0 bridgehead atoms. The molecule has 0 unspecified atom stereocenters. The maximum Gasteiger partial charge on any atom is 0.341 e. The Bertz CT molecular complexity index is 1030. The molecule has 138 valence electrons. The monoisotopic (exact) mass is 367 g/mol. The van der Waals surface area contributed by atoms with Gasteiger partial charge < -0.3 is 10.8 Å². The van der Waals surface area contributed by atoms with Crippen LogP contribution in [0.5, 0.6) is 0 Å². The van der Waals surface area contributed by atoms with E-state index in [9.17, 15) is 19.1 Å². The number of aryl methyl sites for hydroxylation is 2. The van der Waals surface area contributed by atoms with E-state index in [0.717, 1.165) is 10.2 Å². The van der Waals surface area contributed by atoms with Gasteiger partial charge in [0.2, 0.25) is 0 Å². The Kier molecular flexibility index (Phi) is 5.42. The molecule has 0 spiro atoms. The molecule has 1 aromatic heterocycles. The van der Waals surface area contributed by atoms with E-state index in [1.54, 1.807) is 0 Å². The SMILES string of the molecule is NCc1cc(-c2cc(C(=O)O)c(=O)n(CCc3ccccc3)n2)ccc1F. The molecule has 0 saturated heterocycles. The molecule has 0 fully saturated rings. The summed E-state index contributed by atoms with van der Waals surface area (Å²) < 4.78 is 14.8. The van der Waals surface area contributed by atoms with Crippen LogP contribution in [-0.2, 0) is 19.5 Å². The van der Waals surface area contributed by atoms with Gasteiger partial charge in [0.15, 0.2) is 0 Å². The molecule has 2 aromatic carbocycles. The van der Waals surface area contributed by atoms with Crippen LogP contribution in [0.4, 0.5) is 4.39 Å². The van der Waals surface area contributed by atoms with Gasteiger partial charge in [-0.2, -0.15) is 5.10 Å². The fraction of sp³-hybridized carbons (Fsp3) is 0.150. The van der Waals surface area contributed by atoms with Gasteiger partial charge in [0.1, 0.15) is 11.4 Å². The zero-order chi connectivity index (χ0) is 19.4. The highest BCUT2D eigenvalue weighted by molar-refractivity contribution is 5.88. The number of aromatic carboxylic acids is 1. The highest BCUT2D eigenvalue weighted by Crippen LogP contribution is 2.20. The zero-order valence-corrected chi connectivity index (χ0v) is 14.4. The normalized spacial score (nSPS) is 10.7. The summed E-state index contributed by atoms with van der Waals surface area (Å²) in [5.74, 6) is -1.78. The van der Waals surface area contributed by atoms with Crippen molar-refractivity contribution in [1.29, 1.82) is 0 Å². The molecule has 6 nitrogen and oxygen atoms in total. The van der Waals surface area contributed by atoms with Crippen LogP contribution in [0.2, 0.25) is 0 Å². The molecular formula is C20H18FN3O3. The van der Waals surface area contributed by atoms with Crippen molar-refractivity contribution in [3.8, 4) is 11.3 Å². The second-order valence-corrected chi connectivity index (χ2v) is 6.02. The molecule has 27 heavy (non-hydrogen) atoms. The van der Waals surface area contributed by atoms with Crippen LogP contribution in [0.1, 0.15) is 21.5 Å². The first-order chi connectivity index (χ1) is 13.0. The average Bonchev–Trinajstić information content (AvgIpc) is 2.68. The molecule has 3 N–H and O–H groups in total. The van der Waals surface area contributed by atoms with Gasteiger partial charge in [-0.25, -0.2) is 13.9 Å². The van der Waals surface area contributed by atoms with E-state index in [0.29, 0.717) is 12.0 Å². The lowest BCUT2D eigenvalue weighted by Crippen LogP contribution is -2.29. The van der Waals surface area contributed by atoms with Crippen LogP contribution in [-0.4, -0.2) is 20.9 Å². The summed E-state index contributed by atoms with van der Waals surface area (Å²) in [7, 11) is 0. The minimum atomic E-state index is -1.33. The van der Waals surface area contributed by atoms with Crippen molar-refractivity contribution >= 4 is 5.97 Å². The Morgan fingerprint density at radius 3 is 2.56 bits per heavy atom. The molecule has 0 amide bonds. The highest BCUT2D eigenvalue weighted by atomic mass is 19.1. The lowest BCUT2D eigenvalue weighted by Gasteiger charge is -2.10. The van der Waals surface area contributed by atoms with Gasteiger partial charge in [-0.15, -0.1) is 0 Å². The summed E-state index contributed by atoms with van der Waals surface area (Å²) in [5.41, 5.74) is 6.52. The van der Waals surface area contributed by atoms with Crippen molar-refractivity contribution in [2.24, 2.45) is 5.73 Å². The van der Waals surface area contributed by atoms with E-state index in [4.69, 9.17) is 5.73 Å². The standard InChI is InChI=1S/C20H18FN3O3/c21-17-7-6-14(10-15(17)12-22)18-11-16(20(26)27)19(25)24(23-18)9-8-13-4-2-1-3-5-13/h1-7,10-11H,8-9,12,22H2,(H,26,27). The van der Waals surface area contributed by atoms with Gasteiger partial charge in [0.05, 0.1) is 5.69 Å². The first-order valence-electron chi connectivity index (χ1n) is 8.38. The maximum atomic E-state index is 13.7. The molecule has 3 aromatic rings. The molecule has 0 radical (unpaired) electrons. The molecule has 0 saturated carbocycles. The molecule has 0 aliphatic carbocycles. The summed E-state index contributed by atoms with van der Waals surface area (Å²) in [6.45, 7) is 0.223. The van der Waals surface area contributed by atoms with Gasteiger partial charge in [-0.3, -0.25) is 4.79 Å². The van der Waals surface area contributed by atoms with Gasteiger partial charge in [0, 0.05) is 24.2 Å². The maximum absolute atomic E-state index is 13.7. The number of rotatable bonds is 6.